The SMILES string of the molecule is CC[C@H]1OC(=O)[C@@H](C)[C@@H](OC2CC(C)(OC)C(O)C(C)O2)[C@H](C)[C@@H](OC2OC(C)CC(N(C)C)C2O)[C@@](C)(O)C[C@@H](C)CN(C)[C@@H](C)[C@H](O)[C@@]1(C)O. The van der Waals surface area contributed by atoms with Gasteiger partial charge in [-0.15, -0.1) is 0 Å². The quantitative estimate of drug-likeness (QED) is 0.238. The van der Waals surface area contributed by atoms with E-state index in [0.717, 1.165) is 0 Å². The van der Waals surface area contributed by atoms with Crippen molar-refractivity contribution in [2.45, 2.75) is 185 Å². The van der Waals surface area contributed by atoms with Crippen LogP contribution in [0.2, 0.25) is 0 Å². The van der Waals surface area contributed by atoms with Crippen molar-refractivity contribution in [3.8, 4) is 0 Å². The summed E-state index contributed by atoms with van der Waals surface area (Å²) in [7, 11) is 7.12. The molecule has 52 heavy (non-hydrogen) atoms. The largest absolute Gasteiger partial charge is 0.459 e. The molecule has 0 spiro atoms. The molecular formula is C38H72N2O12. The molecule has 3 fully saturated rings. The maximum atomic E-state index is 14.2. The van der Waals surface area contributed by atoms with E-state index in [-0.39, 0.29) is 37.3 Å². The number of nitrogens with zero attached hydrogens (tertiary/aromatic N) is 2. The minimum atomic E-state index is -1.80. The molecule has 3 heterocycles. The van der Waals surface area contributed by atoms with Gasteiger partial charge in [0.05, 0.1) is 41.5 Å². The summed E-state index contributed by atoms with van der Waals surface area (Å²) in [5.74, 6) is -2.58. The average molecular weight is 749 g/mol. The van der Waals surface area contributed by atoms with Gasteiger partial charge in [0.1, 0.15) is 30.0 Å². The molecule has 3 aliphatic rings. The normalized spacial score (nSPS) is 49.6. The Balaban J connectivity index is 2.17. The zero-order chi connectivity index (χ0) is 39.7. The van der Waals surface area contributed by atoms with Crippen LogP contribution in [0.4, 0.5) is 0 Å². The number of ether oxygens (including phenoxy) is 6. The van der Waals surface area contributed by atoms with Gasteiger partial charge in [0.2, 0.25) is 0 Å². The summed E-state index contributed by atoms with van der Waals surface area (Å²) in [5.41, 5.74) is -4.37. The molecule has 5 N–H and O–H groups in total. The highest BCUT2D eigenvalue weighted by molar-refractivity contribution is 5.73. The van der Waals surface area contributed by atoms with Crippen LogP contribution < -0.4 is 0 Å². The van der Waals surface area contributed by atoms with Gasteiger partial charge in [-0.2, -0.15) is 0 Å². The van der Waals surface area contributed by atoms with E-state index in [0.29, 0.717) is 13.0 Å². The maximum absolute atomic E-state index is 14.2. The second-order valence-electron chi connectivity index (χ2n) is 17.2. The Morgan fingerprint density at radius 2 is 1.56 bits per heavy atom. The molecule has 3 aliphatic heterocycles. The summed E-state index contributed by atoms with van der Waals surface area (Å²) in [6, 6.07) is -0.808. The lowest BCUT2D eigenvalue weighted by atomic mass is 9.77. The van der Waals surface area contributed by atoms with E-state index in [9.17, 15) is 30.3 Å². The molecule has 0 aromatic rings. The molecule has 0 saturated carbocycles. The highest BCUT2D eigenvalue weighted by atomic mass is 16.7. The van der Waals surface area contributed by atoms with Crippen LogP contribution in [0, 0.1) is 17.8 Å². The first-order valence-electron chi connectivity index (χ1n) is 19.1. The lowest BCUT2D eigenvalue weighted by Crippen LogP contribution is -2.60. The molecule has 0 bridgehead atoms. The number of likely N-dealkylation sites (N-methyl/N-ethyl adjacent to an activating group) is 2. The van der Waals surface area contributed by atoms with Crippen molar-refractivity contribution in [3.05, 3.63) is 0 Å². The van der Waals surface area contributed by atoms with Gasteiger partial charge in [-0.1, -0.05) is 20.8 Å². The lowest BCUT2D eigenvalue weighted by molar-refractivity contribution is -0.318. The van der Waals surface area contributed by atoms with E-state index in [1.807, 2.05) is 51.7 Å². The molecular weight excluding hydrogens is 676 g/mol. The first kappa shape index (κ1) is 45.4. The summed E-state index contributed by atoms with van der Waals surface area (Å²) < 4.78 is 37.5. The molecule has 0 amide bonds. The van der Waals surface area contributed by atoms with E-state index in [1.165, 1.54) is 14.0 Å². The van der Waals surface area contributed by atoms with Crippen LogP contribution in [0.15, 0.2) is 0 Å². The number of hydrogen-bond donors (Lipinski definition) is 5. The summed E-state index contributed by atoms with van der Waals surface area (Å²) in [5, 5.41) is 58.1. The van der Waals surface area contributed by atoms with Crippen LogP contribution in [-0.2, 0) is 33.2 Å². The molecule has 0 radical (unpaired) electrons. The predicted octanol–water partition coefficient (Wildman–Crippen LogP) is 1.90. The number of aliphatic hydroxyl groups is 5. The number of methoxy groups -OCH3 is 1. The number of carbonyl (C=O) groups is 1. The molecule has 18 atom stereocenters. The number of aliphatic hydroxyl groups excluding tert-OH is 3. The van der Waals surface area contributed by atoms with Crippen molar-refractivity contribution in [3.63, 3.8) is 0 Å². The van der Waals surface area contributed by atoms with Crippen LogP contribution >= 0.6 is 0 Å². The Labute approximate surface area is 312 Å². The second kappa shape index (κ2) is 17.8. The Bertz CT molecular complexity index is 1140. The van der Waals surface area contributed by atoms with Crippen molar-refractivity contribution < 1.29 is 58.7 Å². The molecule has 3 rings (SSSR count). The Morgan fingerprint density at radius 1 is 0.942 bits per heavy atom. The van der Waals surface area contributed by atoms with Crippen LogP contribution in [0.5, 0.6) is 0 Å². The highest BCUT2D eigenvalue weighted by Crippen LogP contribution is 2.40. The van der Waals surface area contributed by atoms with Gasteiger partial charge < -0.3 is 63.8 Å². The van der Waals surface area contributed by atoms with Gasteiger partial charge in [-0.25, -0.2) is 0 Å². The monoisotopic (exact) mass is 749 g/mol. The number of rotatable bonds is 7. The van der Waals surface area contributed by atoms with E-state index < -0.39 is 96.0 Å². The Morgan fingerprint density at radius 3 is 2.12 bits per heavy atom. The molecule has 14 nitrogen and oxygen atoms in total. The van der Waals surface area contributed by atoms with Crippen molar-refractivity contribution >= 4 is 5.97 Å². The minimum absolute atomic E-state index is 0.133. The smallest absolute Gasteiger partial charge is 0.311 e. The summed E-state index contributed by atoms with van der Waals surface area (Å²) in [6.45, 7) is 18.0. The first-order chi connectivity index (χ1) is 23.9. The zero-order valence-electron chi connectivity index (χ0n) is 34.2. The first-order valence-corrected chi connectivity index (χ1v) is 19.1. The fraction of sp³-hybridized carbons (Fsp3) is 0.974. The van der Waals surface area contributed by atoms with Gasteiger partial charge in [0.15, 0.2) is 12.6 Å². The van der Waals surface area contributed by atoms with Crippen molar-refractivity contribution in [2.75, 3.05) is 34.8 Å². The number of carbonyl (C=O) groups excluding carboxylic acids is 1. The topological polar surface area (TPSA) is 180 Å². The van der Waals surface area contributed by atoms with E-state index in [4.69, 9.17) is 28.4 Å². The van der Waals surface area contributed by atoms with Gasteiger partial charge in [0, 0.05) is 38.1 Å². The molecule has 306 valence electrons. The van der Waals surface area contributed by atoms with E-state index in [1.54, 1.807) is 41.5 Å². The van der Waals surface area contributed by atoms with Gasteiger partial charge in [-0.3, -0.25) is 4.79 Å². The molecule has 14 heteroatoms. The fourth-order valence-electron chi connectivity index (χ4n) is 8.74. The average Bonchev–Trinajstić information content (AvgIpc) is 3.05. The van der Waals surface area contributed by atoms with Crippen molar-refractivity contribution in [1.29, 1.82) is 0 Å². The summed E-state index contributed by atoms with van der Waals surface area (Å²) >= 11 is 0. The zero-order valence-corrected chi connectivity index (χ0v) is 34.2. The fourth-order valence-corrected chi connectivity index (χ4v) is 8.74. The highest BCUT2D eigenvalue weighted by Gasteiger charge is 2.52. The Kier molecular flexibility index (Phi) is 15.6. The number of hydrogen-bond acceptors (Lipinski definition) is 14. The standard InChI is InChI=1S/C38H72N2O12/c1-15-27-38(10,46)31(42)24(6)40(13)19-20(2)17-36(8,45)33(52-35-29(41)26(39(11)12)16-21(3)48-35)22(4)30(23(5)34(44)50-27)51-28-18-37(9,47-14)32(43)25(7)49-28/h20-33,35,41-43,45-46H,15-19H2,1-14H3/t20-,21?,22+,23+,24+,25?,26?,27-,28?,29?,30+,31+,32?,33-,35?,36+,37?,38+/m1/s1. The van der Waals surface area contributed by atoms with Crippen LogP contribution in [-0.4, -0.2) is 166 Å². The predicted molar refractivity (Wildman–Crippen MR) is 194 cm³/mol. The third-order valence-electron chi connectivity index (χ3n) is 12.2. The number of esters is 1. The van der Waals surface area contributed by atoms with E-state index >= 15 is 0 Å². The summed E-state index contributed by atoms with van der Waals surface area (Å²) in [4.78, 5) is 18.0. The minimum Gasteiger partial charge on any atom is -0.459 e. The molecule has 0 aromatic carbocycles. The second-order valence-corrected chi connectivity index (χ2v) is 17.2. The third-order valence-corrected chi connectivity index (χ3v) is 12.2. The van der Waals surface area contributed by atoms with Crippen LogP contribution in [0.1, 0.15) is 94.9 Å². The van der Waals surface area contributed by atoms with E-state index in [2.05, 4.69) is 0 Å². The molecule has 0 aromatic heterocycles. The lowest BCUT2D eigenvalue weighted by Gasteiger charge is -2.48. The molecule has 0 aliphatic carbocycles. The number of cyclic esters (lactones) is 1. The molecule has 3 saturated heterocycles. The van der Waals surface area contributed by atoms with Crippen LogP contribution in [0.25, 0.3) is 0 Å². The Hall–Kier alpha value is -1.01. The third kappa shape index (κ3) is 10.0. The summed E-state index contributed by atoms with van der Waals surface area (Å²) in [6.07, 6.45) is -8.19. The van der Waals surface area contributed by atoms with Crippen molar-refractivity contribution in [1.82, 2.24) is 9.80 Å². The molecule has 8 unspecified atom stereocenters. The maximum Gasteiger partial charge on any atom is 0.311 e. The van der Waals surface area contributed by atoms with Crippen LogP contribution in [0.3, 0.4) is 0 Å². The van der Waals surface area contributed by atoms with Crippen molar-refractivity contribution in [2.24, 2.45) is 17.8 Å². The van der Waals surface area contributed by atoms with Gasteiger partial charge in [-0.05, 0) is 94.8 Å². The van der Waals surface area contributed by atoms with Gasteiger partial charge >= 0.3 is 5.97 Å². The van der Waals surface area contributed by atoms with Gasteiger partial charge in [0.25, 0.3) is 0 Å².